The van der Waals surface area contributed by atoms with E-state index in [1.807, 2.05) is 0 Å². The molecule has 0 aliphatic heterocycles. The predicted octanol–water partition coefficient (Wildman–Crippen LogP) is 3.75. The largest absolute Gasteiger partial charge is 0.369 e. The summed E-state index contributed by atoms with van der Waals surface area (Å²) >= 11 is 3.61. The van der Waals surface area contributed by atoms with Crippen LogP contribution in [0.1, 0.15) is 51.0 Å². The van der Waals surface area contributed by atoms with Crippen LogP contribution in [0.25, 0.3) is 0 Å². The molecule has 17 heavy (non-hydrogen) atoms. The van der Waals surface area contributed by atoms with Gasteiger partial charge in [0.15, 0.2) is 0 Å². The minimum absolute atomic E-state index is 0.580. The predicted molar refractivity (Wildman–Crippen MR) is 74.4 cm³/mol. The van der Waals surface area contributed by atoms with E-state index in [1.165, 1.54) is 6.42 Å². The summed E-state index contributed by atoms with van der Waals surface area (Å²) in [6.07, 6.45) is 3.36. The quantitative estimate of drug-likeness (QED) is 0.899. The minimum atomic E-state index is 0.580. The monoisotopic (exact) mass is 297 g/mol. The van der Waals surface area contributed by atoms with Gasteiger partial charge in [0.2, 0.25) is 0 Å². The highest BCUT2D eigenvalue weighted by molar-refractivity contribution is 9.10. The van der Waals surface area contributed by atoms with Gasteiger partial charge in [0.05, 0.1) is 10.2 Å². The van der Waals surface area contributed by atoms with E-state index in [2.05, 4.69) is 47.0 Å². The molecule has 1 fully saturated rings. The second kappa shape index (κ2) is 5.34. The average Bonchev–Trinajstić information content (AvgIpc) is 3.02. The van der Waals surface area contributed by atoms with Gasteiger partial charge in [-0.25, -0.2) is 9.97 Å². The smallest absolute Gasteiger partial charge is 0.144 e. The molecule has 0 amide bonds. The molecule has 2 unspecified atom stereocenters. The lowest BCUT2D eigenvalue weighted by molar-refractivity contribution is 0.794. The van der Waals surface area contributed by atoms with Crippen LogP contribution in [0.5, 0.6) is 0 Å². The molecule has 0 saturated heterocycles. The highest BCUT2D eigenvalue weighted by Gasteiger charge is 2.37. The number of halogens is 1. The molecule has 1 aliphatic rings. The first kappa shape index (κ1) is 12.8. The van der Waals surface area contributed by atoms with Crippen molar-refractivity contribution in [3.8, 4) is 0 Å². The van der Waals surface area contributed by atoms with Crippen molar-refractivity contribution in [2.45, 2.75) is 46.0 Å². The zero-order valence-corrected chi connectivity index (χ0v) is 12.3. The number of nitrogens with one attached hydrogen (secondary N) is 1. The van der Waals surface area contributed by atoms with Crippen molar-refractivity contribution in [2.24, 2.45) is 5.92 Å². The van der Waals surface area contributed by atoms with E-state index in [0.717, 1.165) is 47.1 Å². The second-order valence-corrected chi connectivity index (χ2v) is 5.58. The Hall–Kier alpha value is -0.640. The first-order valence-corrected chi connectivity index (χ1v) is 7.26. The molecule has 2 rings (SSSR count). The molecule has 0 radical (unpaired) electrons. The third-order valence-corrected chi connectivity index (χ3v) is 4.04. The SMILES string of the molecule is CCCc1nc(C2CC2C)nc(NCC)c1Br. The Morgan fingerprint density at radius 3 is 2.59 bits per heavy atom. The van der Waals surface area contributed by atoms with Gasteiger partial charge in [0.1, 0.15) is 11.6 Å². The van der Waals surface area contributed by atoms with Gasteiger partial charge in [-0.2, -0.15) is 0 Å². The van der Waals surface area contributed by atoms with Crippen LogP contribution in [-0.2, 0) is 6.42 Å². The summed E-state index contributed by atoms with van der Waals surface area (Å²) < 4.78 is 1.04. The molecular weight excluding hydrogens is 278 g/mol. The summed E-state index contributed by atoms with van der Waals surface area (Å²) in [5, 5.41) is 3.31. The van der Waals surface area contributed by atoms with Crippen LogP contribution in [0.3, 0.4) is 0 Å². The molecule has 1 N–H and O–H groups in total. The minimum Gasteiger partial charge on any atom is -0.369 e. The van der Waals surface area contributed by atoms with Gasteiger partial charge in [0.25, 0.3) is 0 Å². The van der Waals surface area contributed by atoms with Crippen LogP contribution in [0.15, 0.2) is 4.47 Å². The number of hydrogen-bond acceptors (Lipinski definition) is 3. The number of nitrogens with zero attached hydrogens (tertiary/aromatic N) is 2. The summed E-state index contributed by atoms with van der Waals surface area (Å²) in [6.45, 7) is 7.43. The lowest BCUT2D eigenvalue weighted by Crippen LogP contribution is -2.08. The number of rotatable bonds is 5. The maximum atomic E-state index is 4.72. The van der Waals surface area contributed by atoms with E-state index in [1.54, 1.807) is 0 Å². The van der Waals surface area contributed by atoms with Crippen molar-refractivity contribution in [3.05, 3.63) is 16.0 Å². The maximum Gasteiger partial charge on any atom is 0.144 e. The van der Waals surface area contributed by atoms with Crippen LogP contribution in [0, 0.1) is 5.92 Å². The standard InChI is InChI=1S/C13H20BrN3/c1-4-6-10-11(14)13(15-5-2)17-12(16-10)9-7-8(9)3/h8-9H,4-7H2,1-3H3,(H,15,16,17). The van der Waals surface area contributed by atoms with Gasteiger partial charge in [-0.3, -0.25) is 0 Å². The van der Waals surface area contributed by atoms with Crippen LogP contribution in [0.4, 0.5) is 5.82 Å². The number of anilines is 1. The molecule has 1 aromatic heterocycles. The van der Waals surface area contributed by atoms with Crippen molar-refractivity contribution < 1.29 is 0 Å². The van der Waals surface area contributed by atoms with Gasteiger partial charge in [-0.05, 0) is 41.6 Å². The van der Waals surface area contributed by atoms with E-state index < -0.39 is 0 Å². The molecule has 3 nitrogen and oxygen atoms in total. The Balaban J connectivity index is 2.33. The maximum absolute atomic E-state index is 4.72. The average molecular weight is 298 g/mol. The zero-order valence-electron chi connectivity index (χ0n) is 10.8. The van der Waals surface area contributed by atoms with Gasteiger partial charge in [-0.1, -0.05) is 20.3 Å². The number of aromatic nitrogens is 2. The Bertz CT molecular complexity index is 379. The fraction of sp³-hybridized carbons (Fsp3) is 0.692. The topological polar surface area (TPSA) is 37.8 Å². The van der Waals surface area contributed by atoms with E-state index in [0.29, 0.717) is 5.92 Å². The normalized spacial score (nSPS) is 22.6. The van der Waals surface area contributed by atoms with E-state index in [-0.39, 0.29) is 0 Å². The van der Waals surface area contributed by atoms with Crippen molar-refractivity contribution in [1.82, 2.24) is 9.97 Å². The molecule has 0 spiro atoms. The fourth-order valence-electron chi connectivity index (χ4n) is 2.05. The lowest BCUT2D eigenvalue weighted by atomic mass is 10.2. The highest BCUT2D eigenvalue weighted by Crippen LogP contribution is 2.46. The Morgan fingerprint density at radius 1 is 1.35 bits per heavy atom. The lowest BCUT2D eigenvalue weighted by Gasteiger charge is -2.11. The highest BCUT2D eigenvalue weighted by atomic mass is 79.9. The van der Waals surface area contributed by atoms with Gasteiger partial charge in [0, 0.05) is 12.5 Å². The van der Waals surface area contributed by atoms with Crippen LogP contribution < -0.4 is 5.32 Å². The summed E-state index contributed by atoms with van der Waals surface area (Å²) in [7, 11) is 0. The third kappa shape index (κ3) is 2.79. The molecule has 4 heteroatoms. The summed E-state index contributed by atoms with van der Waals surface area (Å²) in [6, 6.07) is 0. The molecule has 1 heterocycles. The zero-order chi connectivity index (χ0) is 12.4. The summed E-state index contributed by atoms with van der Waals surface area (Å²) in [5.74, 6) is 3.32. The molecular formula is C13H20BrN3. The van der Waals surface area contributed by atoms with E-state index >= 15 is 0 Å². The van der Waals surface area contributed by atoms with E-state index in [9.17, 15) is 0 Å². The third-order valence-electron chi connectivity index (χ3n) is 3.21. The van der Waals surface area contributed by atoms with Crippen LogP contribution in [0.2, 0.25) is 0 Å². The molecule has 1 saturated carbocycles. The van der Waals surface area contributed by atoms with Crippen LogP contribution >= 0.6 is 15.9 Å². The Morgan fingerprint density at radius 2 is 2.06 bits per heavy atom. The molecule has 0 bridgehead atoms. The molecule has 0 aromatic carbocycles. The van der Waals surface area contributed by atoms with Crippen LogP contribution in [-0.4, -0.2) is 16.5 Å². The number of hydrogen-bond donors (Lipinski definition) is 1. The molecule has 94 valence electrons. The van der Waals surface area contributed by atoms with E-state index in [4.69, 9.17) is 4.98 Å². The summed E-state index contributed by atoms with van der Waals surface area (Å²) in [5.41, 5.74) is 1.15. The first-order chi connectivity index (χ1) is 8.17. The Labute approximate surface area is 112 Å². The number of aryl methyl sites for hydroxylation is 1. The molecule has 1 aliphatic carbocycles. The second-order valence-electron chi connectivity index (χ2n) is 4.79. The van der Waals surface area contributed by atoms with Gasteiger partial charge >= 0.3 is 0 Å². The fourth-order valence-corrected chi connectivity index (χ4v) is 2.56. The Kier molecular flexibility index (Phi) is 4.02. The van der Waals surface area contributed by atoms with Gasteiger partial charge in [-0.15, -0.1) is 0 Å². The summed E-state index contributed by atoms with van der Waals surface area (Å²) in [4.78, 5) is 9.37. The van der Waals surface area contributed by atoms with Gasteiger partial charge < -0.3 is 5.32 Å². The van der Waals surface area contributed by atoms with Crippen molar-refractivity contribution in [3.63, 3.8) is 0 Å². The van der Waals surface area contributed by atoms with Crippen molar-refractivity contribution in [1.29, 1.82) is 0 Å². The first-order valence-electron chi connectivity index (χ1n) is 6.47. The molecule has 1 aromatic rings. The van der Waals surface area contributed by atoms with Crippen molar-refractivity contribution >= 4 is 21.7 Å². The molecule has 2 atom stereocenters. The van der Waals surface area contributed by atoms with Crippen molar-refractivity contribution in [2.75, 3.05) is 11.9 Å².